The molecule has 0 radical (unpaired) electrons. The first-order valence-corrected chi connectivity index (χ1v) is 11.0. The molecule has 2 atom stereocenters. The lowest BCUT2D eigenvalue weighted by atomic mass is 10.2. The van der Waals surface area contributed by atoms with Gasteiger partial charge in [-0.15, -0.1) is 0 Å². The standard InChI is InChI=1S/C21H29FN4O5S/c1-3-19(32)23-11-15-12-26(21(29)31-15)14-4-5-17(16(22)10-14)24-6-8-25(9-7-24)20(28)18(13-27)30-2/h4-5,10,15,18,27H,3,6-9,11-13H2,1-2H3,(H,23,32). The van der Waals surface area contributed by atoms with Crippen molar-refractivity contribution in [1.82, 2.24) is 10.2 Å². The summed E-state index contributed by atoms with van der Waals surface area (Å²) in [6.45, 7) is 3.96. The Labute approximate surface area is 192 Å². The van der Waals surface area contributed by atoms with Crippen LogP contribution in [0.25, 0.3) is 0 Å². The van der Waals surface area contributed by atoms with E-state index in [1.165, 1.54) is 18.1 Å². The molecule has 2 N–H and O–H groups in total. The van der Waals surface area contributed by atoms with Crippen LogP contribution in [0.3, 0.4) is 0 Å². The molecule has 0 aromatic heterocycles. The van der Waals surface area contributed by atoms with Crippen LogP contribution >= 0.6 is 12.2 Å². The van der Waals surface area contributed by atoms with Crippen molar-refractivity contribution in [2.24, 2.45) is 0 Å². The van der Waals surface area contributed by atoms with Gasteiger partial charge >= 0.3 is 6.09 Å². The number of aliphatic hydroxyl groups is 1. The van der Waals surface area contributed by atoms with Gasteiger partial charge in [0, 0.05) is 33.3 Å². The molecule has 0 saturated carbocycles. The number of piperazine rings is 1. The predicted molar refractivity (Wildman–Crippen MR) is 122 cm³/mol. The summed E-state index contributed by atoms with van der Waals surface area (Å²) in [5.74, 6) is -0.726. The third kappa shape index (κ3) is 5.45. The molecule has 3 rings (SSSR count). The zero-order chi connectivity index (χ0) is 23.3. The molecule has 2 saturated heterocycles. The number of rotatable bonds is 8. The van der Waals surface area contributed by atoms with Crippen LogP contribution in [0.1, 0.15) is 13.3 Å². The summed E-state index contributed by atoms with van der Waals surface area (Å²) >= 11 is 5.12. The highest BCUT2D eigenvalue weighted by molar-refractivity contribution is 7.80. The fraction of sp³-hybridized carbons (Fsp3) is 0.571. The van der Waals surface area contributed by atoms with Crippen LogP contribution in [0.15, 0.2) is 18.2 Å². The van der Waals surface area contributed by atoms with Gasteiger partial charge in [0.15, 0.2) is 6.10 Å². The minimum absolute atomic E-state index is 0.276. The summed E-state index contributed by atoms with van der Waals surface area (Å²) in [6.07, 6.45) is -1.05. The van der Waals surface area contributed by atoms with Gasteiger partial charge in [-0.2, -0.15) is 0 Å². The van der Waals surface area contributed by atoms with E-state index in [-0.39, 0.29) is 18.6 Å². The Morgan fingerprint density at radius 3 is 2.69 bits per heavy atom. The average Bonchev–Trinajstić information content (AvgIpc) is 3.18. The maximum absolute atomic E-state index is 14.9. The minimum Gasteiger partial charge on any atom is -0.442 e. The van der Waals surface area contributed by atoms with E-state index in [0.717, 1.165) is 0 Å². The Balaban J connectivity index is 1.59. The van der Waals surface area contributed by atoms with Crippen molar-refractivity contribution in [3.63, 3.8) is 0 Å². The molecule has 1 aromatic carbocycles. The van der Waals surface area contributed by atoms with E-state index >= 15 is 0 Å². The van der Waals surface area contributed by atoms with E-state index in [2.05, 4.69) is 5.32 Å². The molecule has 9 nitrogen and oxygen atoms in total. The molecule has 0 bridgehead atoms. The van der Waals surface area contributed by atoms with Crippen LogP contribution in [0.5, 0.6) is 0 Å². The van der Waals surface area contributed by atoms with E-state index in [0.29, 0.717) is 62.1 Å². The predicted octanol–water partition coefficient (Wildman–Crippen LogP) is 1.13. The number of methoxy groups -OCH3 is 1. The van der Waals surface area contributed by atoms with E-state index in [1.54, 1.807) is 17.0 Å². The molecule has 32 heavy (non-hydrogen) atoms. The van der Waals surface area contributed by atoms with E-state index in [4.69, 9.17) is 21.7 Å². The van der Waals surface area contributed by atoms with Crippen LogP contribution in [0.2, 0.25) is 0 Å². The van der Waals surface area contributed by atoms with Crippen LogP contribution < -0.4 is 15.1 Å². The van der Waals surface area contributed by atoms with Gasteiger partial charge in [-0.25, -0.2) is 9.18 Å². The Morgan fingerprint density at radius 2 is 2.09 bits per heavy atom. The monoisotopic (exact) mass is 468 g/mol. The fourth-order valence-electron chi connectivity index (χ4n) is 3.74. The van der Waals surface area contributed by atoms with Crippen LogP contribution in [-0.2, 0) is 14.3 Å². The zero-order valence-corrected chi connectivity index (χ0v) is 19.1. The molecule has 2 unspecified atom stereocenters. The van der Waals surface area contributed by atoms with Crippen molar-refractivity contribution in [3.05, 3.63) is 24.0 Å². The summed E-state index contributed by atoms with van der Waals surface area (Å²) in [7, 11) is 1.38. The largest absolute Gasteiger partial charge is 0.442 e. The number of amides is 2. The van der Waals surface area contributed by atoms with Gasteiger partial charge in [-0.05, 0) is 24.6 Å². The Hall–Kier alpha value is -2.50. The van der Waals surface area contributed by atoms with E-state index in [1.807, 2.05) is 11.8 Å². The molecule has 0 aliphatic carbocycles. The molecule has 2 fully saturated rings. The SMILES string of the molecule is CCC(=S)NCC1CN(c2ccc(N3CCN(C(=O)C(CO)OC)CC3)c(F)c2)C(=O)O1. The van der Waals surface area contributed by atoms with Gasteiger partial charge in [-0.1, -0.05) is 19.1 Å². The van der Waals surface area contributed by atoms with Crippen molar-refractivity contribution in [2.45, 2.75) is 25.6 Å². The highest BCUT2D eigenvalue weighted by atomic mass is 32.1. The number of halogens is 1. The molecule has 1 aromatic rings. The maximum Gasteiger partial charge on any atom is 0.414 e. The lowest BCUT2D eigenvalue weighted by Crippen LogP contribution is -2.52. The second kappa shape index (κ2) is 10.9. The number of benzene rings is 1. The van der Waals surface area contributed by atoms with Gasteiger partial charge in [0.25, 0.3) is 5.91 Å². The second-order valence-electron chi connectivity index (χ2n) is 7.63. The topological polar surface area (TPSA) is 94.6 Å². The lowest BCUT2D eigenvalue weighted by molar-refractivity contribution is -0.144. The summed E-state index contributed by atoms with van der Waals surface area (Å²) in [5.41, 5.74) is 0.835. The number of anilines is 2. The number of cyclic esters (lactones) is 1. The first kappa shape index (κ1) is 24.1. The summed E-state index contributed by atoms with van der Waals surface area (Å²) in [6, 6.07) is 4.66. The number of hydrogen-bond donors (Lipinski definition) is 2. The maximum atomic E-state index is 14.9. The van der Waals surface area contributed by atoms with Crippen LogP contribution in [0, 0.1) is 5.82 Å². The van der Waals surface area contributed by atoms with Gasteiger partial charge in [0.1, 0.15) is 11.9 Å². The van der Waals surface area contributed by atoms with Gasteiger partial charge in [-0.3, -0.25) is 9.69 Å². The quantitative estimate of drug-likeness (QED) is 0.549. The first-order valence-electron chi connectivity index (χ1n) is 10.6. The molecule has 0 spiro atoms. The van der Waals surface area contributed by atoms with Crippen LogP contribution in [-0.4, -0.2) is 92.2 Å². The Morgan fingerprint density at radius 1 is 1.38 bits per heavy atom. The van der Waals surface area contributed by atoms with E-state index in [9.17, 15) is 19.1 Å². The number of nitrogens with one attached hydrogen (secondary N) is 1. The molecule has 176 valence electrons. The third-order valence-electron chi connectivity index (χ3n) is 5.62. The Kier molecular flexibility index (Phi) is 8.21. The van der Waals surface area contributed by atoms with Gasteiger partial charge < -0.3 is 29.7 Å². The van der Waals surface area contributed by atoms with Crippen molar-refractivity contribution in [2.75, 3.05) is 62.8 Å². The number of nitrogens with zero attached hydrogens (tertiary/aromatic N) is 3. The molecule has 2 amide bonds. The smallest absolute Gasteiger partial charge is 0.414 e. The second-order valence-corrected chi connectivity index (χ2v) is 8.12. The highest BCUT2D eigenvalue weighted by Gasteiger charge is 2.33. The third-order valence-corrected chi connectivity index (χ3v) is 6.06. The number of carbonyl (C=O) groups is 2. The number of thiocarbonyl (C=S) groups is 1. The molecule has 11 heteroatoms. The van der Waals surface area contributed by atoms with E-state index < -0.39 is 18.0 Å². The normalized spacial score (nSPS) is 19.7. The molecule has 2 aliphatic rings. The average molecular weight is 469 g/mol. The molecule has 2 aliphatic heterocycles. The van der Waals surface area contributed by atoms with Crippen molar-refractivity contribution in [1.29, 1.82) is 0 Å². The summed E-state index contributed by atoms with van der Waals surface area (Å²) in [4.78, 5) is 30.1. The molecule has 2 heterocycles. The van der Waals surface area contributed by atoms with Gasteiger partial charge in [0.05, 0.1) is 36.1 Å². The molecular weight excluding hydrogens is 439 g/mol. The number of hydrogen-bond acceptors (Lipinski definition) is 7. The number of carbonyl (C=O) groups excluding carboxylic acids is 2. The lowest BCUT2D eigenvalue weighted by Gasteiger charge is -2.37. The number of ether oxygens (including phenoxy) is 2. The first-order chi connectivity index (χ1) is 15.4. The molecular formula is C21H29FN4O5S. The van der Waals surface area contributed by atoms with Crippen molar-refractivity contribution >= 4 is 40.6 Å². The minimum atomic E-state index is -0.880. The highest BCUT2D eigenvalue weighted by Crippen LogP contribution is 2.28. The van der Waals surface area contributed by atoms with Crippen LogP contribution in [0.4, 0.5) is 20.6 Å². The summed E-state index contributed by atoms with van der Waals surface area (Å²) < 4.78 is 25.3. The zero-order valence-electron chi connectivity index (χ0n) is 18.3. The summed E-state index contributed by atoms with van der Waals surface area (Å²) in [5, 5.41) is 12.3. The van der Waals surface area contributed by atoms with Crippen molar-refractivity contribution in [3.8, 4) is 0 Å². The van der Waals surface area contributed by atoms with Crippen molar-refractivity contribution < 1.29 is 28.6 Å². The van der Waals surface area contributed by atoms with Gasteiger partial charge in [0.2, 0.25) is 0 Å². The number of aliphatic hydroxyl groups excluding tert-OH is 1. The Bertz CT molecular complexity index is 845. The fourth-order valence-corrected chi connectivity index (χ4v) is 3.82.